The summed E-state index contributed by atoms with van der Waals surface area (Å²) in [7, 11) is 1.33. The molecule has 0 atom stereocenters. The maximum Gasteiger partial charge on any atom is 0.339 e. The van der Waals surface area contributed by atoms with Crippen molar-refractivity contribution in [3.63, 3.8) is 0 Å². The van der Waals surface area contributed by atoms with Crippen molar-refractivity contribution >= 4 is 33.5 Å². The van der Waals surface area contributed by atoms with Gasteiger partial charge in [-0.05, 0) is 34.1 Å². The van der Waals surface area contributed by atoms with Crippen molar-refractivity contribution in [2.75, 3.05) is 7.11 Å². The van der Waals surface area contributed by atoms with Crippen LogP contribution in [0.2, 0.25) is 5.02 Å². The van der Waals surface area contributed by atoms with Crippen molar-refractivity contribution in [3.05, 3.63) is 33.3 Å². The van der Waals surface area contributed by atoms with E-state index in [2.05, 4.69) is 20.7 Å². The Hall–Kier alpha value is -0.540. The molecule has 4 heteroatoms. The van der Waals surface area contributed by atoms with Crippen LogP contribution < -0.4 is 0 Å². The molecule has 0 N–H and O–H groups in total. The second kappa shape index (κ2) is 6.85. The largest absolute Gasteiger partial charge is 0.465 e. The lowest BCUT2D eigenvalue weighted by Crippen LogP contribution is -2.01. The zero-order chi connectivity index (χ0) is 11.1. The summed E-state index contributed by atoms with van der Waals surface area (Å²) in [4.78, 5) is 11.1. The number of hydrogen-bond donors (Lipinski definition) is 0. The van der Waals surface area contributed by atoms with E-state index < -0.39 is 5.97 Å². The first-order valence-electron chi connectivity index (χ1n) is 4.18. The summed E-state index contributed by atoms with van der Waals surface area (Å²) < 4.78 is 5.22. The van der Waals surface area contributed by atoms with Gasteiger partial charge in [0.2, 0.25) is 0 Å². The SMILES string of the molecule is CC.COC(=O)c1cc(Cl)ccc1Br. The molecule has 0 heterocycles. The molecule has 0 bridgehead atoms. The van der Waals surface area contributed by atoms with E-state index in [4.69, 9.17) is 11.6 Å². The second-order valence-corrected chi connectivity index (χ2v) is 3.41. The Kier molecular flexibility index (Phi) is 6.58. The van der Waals surface area contributed by atoms with E-state index in [1.165, 1.54) is 7.11 Å². The van der Waals surface area contributed by atoms with E-state index in [0.29, 0.717) is 15.1 Å². The summed E-state index contributed by atoms with van der Waals surface area (Å²) in [6, 6.07) is 4.95. The smallest absolute Gasteiger partial charge is 0.339 e. The van der Waals surface area contributed by atoms with Crippen molar-refractivity contribution in [2.24, 2.45) is 0 Å². The molecule has 2 nitrogen and oxygen atoms in total. The molecular weight excluding hydrogens is 267 g/mol. The van der Waals surface area contributed by atoms with Crippen LogP contribution in [-0.4, -0.2) is 13.1 Å². The fourth-order valence-corrected chi connectivity index (χ4v) is 1.34. The average Bonchev–Trinajstić information content (AvgIpc) is 2.23. The fraction of sp³-hybridized carbons (Fsp3) is 0.300. The molecule has 0 saturated carbocycles. The molecule has 0 fully saturated rings. The van der Waals surface area contributed by atoms with Crippen LogP contribution in [-0.2, 0) is 4.74 Å². The van der Waals surface area contributed by atoms with Gasteiger partial charge in [0.15, 0.2) is 0 Å². The zero-order valence-corrected chi connectivity index (χ0v) is 10.6. The Bertz CT molecular complexity index is 313. The minimum atomic E-state index is -0.399. The molecule has 0 aliphatic heterocycles. The van der Waals surface area contributed by atoms with E-state index in [9.17, 15) is 4.79 Å². The Balaban J connectivity index is 0.000000791. The Labute approximate surface area is 97.3 Å². The topological polar surface area (TPSA) is 26.3 Å². The van der Waals surface area contributed by atoms with Gasteiger partial charge in [-0.25, -0.2) is 4.79 Å². The van der Waals surface area contributed by atoms with Crippen LogP contribution in [0, 0.1) is 0 Å². The summed E-state index contributed by atoms with van der Waals surface area (Å²) >= 11 is 8.90. The summed E-state index contributed by atoms with van der Waals surface area (Å²) in [5.41, 5.74) is 0.435. The summed E-state index contributed by atoms with van der Waals surface area (Å²) in [6.45, 7) is 4.00. The zero-order valence-electron chi connectivity index (χ0n) is 8.30. The number of halogens is 2. The maximum atomic E-state index is 11.1. The molecule has 0 saturated heterocycles. The van der Waals surface area contributed by atoms with Gasteiger partial charge in [-0.3, -0.25) is 0 Å². The number of carbonyl (C=O) groups excluding carboxylic acids is 1. The quantitative estimate of drug-likeness (QED) is 0.728. The molecular formula is C10H12BrClO2. The molecule has 0 unspecified atom stereocenters. The monoisotopic (exact) mass is 278 g/mol. The van der Waals surface area contributed by atoms with Crippen molar-refractivity contribution in [1.82, 2.24) is 0 Å². The first-order chi connectivity index (χ1) is 6.65. The molecule has 0 aliphatic carbocycles. The number of esters is 1. The van der Waals surface area contributed by atoms with Gasteiger partial charge in [-0.15, -0.1) is 0 Å². The molecule has 0 spiro atoms. The predicted molar refractivity (Wildman–Crippen MR) is 61.8 cm³/mol. The molecule has 0 amide bonds. The number of hydrogen-bond acceptors (Lipinski definition) is 2. The minimum absolute atomic E-state index is 0.399. The number of benzene rings is 1. The maximum absolute atomic E-state index is 11.1. The first-order valence-corrected chi connectivity index (χ1v) is 5.35. The number of carbonyl (C=O) groups is 1. The second-order valence-electron chi connectivity index (χ2n) is 2.12. The first kappa shape index (κ1) is 13.5. The van der Waals surface area contributed by atoms with Gasteiger partial charge < -0.3 is 4.74 Å². The van der Waals surface area contributed by atoms with Gasteiger partial charge in [0.25, 0.3) is 0 Å². The fourth-order valence-electron chi connectivity index (χ4n) is 0.764. The number of ether oxygens (including phenoxy) is 1. The number of rotatable bonds is 1. The van der Waals surface area contributed by atoms with Crippen LogP contribution in [0.3, 0.4) is 0 Å². The van der Waals surface area contributed by atoms with Crippen molar-refractivity contribution < 1.29 is 9.53 Å². The van der Waals surface area contributed by atoms with Crippen molar-refractivity contribution in [3.8, 4) is 0 Å². The van der Waals surface area contributed by atoms with Gasteiger partial charge in [-0.1, -0.05) is 25.4 Å². The van der Waals surface area contributed by atoms with Gasteiger partial charge in [-0.2, -0.15) is 0 Å². The molecule has 78 valence electrons. The number of methoxy groups -OCH3 is 1. The molecule has 0 aliphatic rings. The van der Waals surface area contributed by atoms with Crippen LogP contribution in [0.5, 0.6) is 0 Å². The average molecular weight is 280 g/mol. The summed E-state index contributed by atoms with van der Waals surface area (Å²) in [5.74, 6) is -0.399. The molecule has 1 aromatic rings. The van der Waals surface area contributed by atoms with E-state index >= 15 is 0 Å². The van der Waals surface area contributed by atoms with E-state index in [1.54, 1.807) is 18.2 Å². The molecule has 0 radical (unpaired) electrons. The third-order valence-electron chi connectivity index (χ3n) is 1.33. The van der Waals surface area contributed by atoms with E-state index in [1.807, 2.05) is 13.8 Å². The minimum Gasteiger partial charge on any atom is -0.465 e. The van der Waals surface area contributed by atoms with Gasteiger partial charge in [0.1, 0.15) is 0 Å². The third kappa shape index (κ3) is 3.68. The Morgan fingerprint density at radius 1 is 1.43 bits per heavy atom. The standard InChI is InChI=1S/C8H6BrClO2.C2H6/c1-12-8(11)6-4-5(10)2-3-7(6)9;1-2/h2-4H,1H3;1-2H3. The van der Waals surface area contributed by atoms with Crippen LogP contribution in [0.25, 0.3) is 0 Å². The lowest BCUT2D eigenvalue weighted by atomic mass is 10.2. The van der Waals surface area contributed by atoms with Crippen LogP contribution in [0.1, 0.15) is 24.2 Å². The predicted octanol–water partition coefficient (Wildman–Crippen LogP) is 3.92. The molecule has 1 aromatic carbocycles. The molecule has 14 heavy (non-hydrogen) atoms. The lowest BCUT2D eigenvalue weighted by molar-refractivity contribution is 0.0599. The molecule has 1 rings (SSSR count). The highest BCUT2D eigenvalue weighted by Crippen LogP contribution is 2.21. The molecule has 0 aromatic heterocycles. The van der Waals surface area contributed by atoms with Crippen LogP contribution in [0.4, 0.5) is 0 Å². The van der Waals surface area contributed by atoms with Gasteiger partial charge in [0, 0.05) is 9.50 Å². The summed E-state index contributed by atoms with van der Waals surface area (Å²) in [6.07, 6.45) is 0. The Morgan fingerprint density at radius 3 is 2.50 bits per heavy atom. The Morgan fingerprint density at radius 2 is 2.00 bits per heavy atom. The van der Waals surface area contributed by atoms with Gasteiger partial charge in [0.05, 0.1) is 12.7 Å². The van der Waals surface area contributed by atoms with Crippen molar-refractivity contribution in [1.29, 1.82) is 0 Å². The van der Waals surface area contributed by atoms with Gasteiger partial charge >= 0.3 is 5.97 Å². The normalized spacial score (nSPS) is 8.64. The highest BCUT2D eigenvalue weighted by molar-refractivity contribution is 9.10. The van der Waals surface area contributed by atoms with Crippen LogP contribution in [0.15, 0.2) is 22.7 Å². The van der Waals surface area contributed by atoms with E-state index in [-0.39, 0.29) is 0 Å². The van der Waals surface area contributed by atoms with E-state index in [0.717, 1.165) is 0 Å². The highest BCUT2D eigenvalue weighted by atomic mass is 79.9. The van der Waals surface area contributed by atoms with Crippen molar-refractivity contribution in [2.45, 2.75) is 13.8 Å². The summed E-state index contributed by atoms with van der Waals surface area (Å²) in [5, 5.41) is 0.513. The lowest BCUT2D eigenvalue weighted by Gasteiger charge is -2.01. The highest BCUT2D eigenvalue weighted by Gasteiger charge is 2.09. The van der Waals surface area contributed by atoms with Crippen LogP contribution >= 0.6 is 27.5 Å². The third-order valence-corrected chi connectivity index (χ3v) is 2.26.